The van der Waals surface area contributed by atoms with E-state index in [2.05, 4.69) is 10.3 Å². The SMILES string of the molecule is CC(C)(O)C(=O)Nc1cccc2ccncc12. The van der Waals surface area contributed by atoms with Crippen molar-refractivity contribution in [1.29, 1.82) is 0 Å². The average molecular weight is 230 g/mol. The lowest BCUT2D eigenvalue weighted by Gasteiger charge is -2.17. The zero-order valence-electron chi connectivity index (χ0n) is 9.77. The summed E-state index contributed by atoms with van der Waals surface area (Å²) in [5.74, 6) is -0.436. The summed E-state index contributed by atoms with van der Waals surface area (Å²) in [5.41, 5.74) is -0.743. The minimum atomic E-state index is -1.40. The number of rotatable bonds is 2. The molecule has 0 bridgehead atoms. The quantitative estimate of drug-likeness (QED) is 0.828. The normalized spacial score (nSPS) is 11.5. The molecule has 0 atom stereocenters. The molecule has 0 aliphatic heterocycles. The lowest BCUT2D eigenvalue weighted by Crippen LogP contribution is -2.36. The van der Waals surface area contributed by atoms with Gasteiger partial charge in [0, 0.05) is 17.8 Å². The Kier molecular flexibility index (Phi) is 2.81. The van der Waals surface area contributed by atoms with Gasteiger partial charge >= 0.3 is 0 Å². The number of nitrogens with zero attached hydrogens (tertiary/aromatic N) is 1. The first-order valence-corrected chi connectivity index (χ1v) is 5.35. The van der Waals surface area contributed by atoms with Gasteiger partial charge in [-0.2, -0.15) is 0 Å². The number of nitrogens with one attached hydrogen (secondary N) is 1. The van der Waals surface area contributed by atoms with Crippen molar-refractivity contribution in [3.8, 4) is 0 Å². The molecule has 2 N–H and O–H groups in total. The van der Waals surface area contributed by atoms with E-state index in [9.17, 15) is 9.90 Å². The van der Waals surface area contributed by atoms with E-state index < -0.39 is 11.5 Å². The molecule has 1 aromatic carbocycles. The van der Waals surface area contributed by atoms with Gasteiger partial charge < -0.3 is 10.4 Å². The number of aliphatic hydroxyl groups is 1. The Balaban J connectivity index is 2.40. The van der Waals surface area contributed by atoms with Crippen LogP contribution in [0.3, 0.4) is 0 Å². The molecule has 0 fully saturated rings. The Morgan fingerprint density at radius 3 is 2.82 bits per heavy atom. The van der Waals surface area contributed by atoms with Gasteiger partial charge in [-0.25, -0.2) is 0 Å². The van der Waals surface area contributed by atoms with Gasteiger partial charge in [0.25, 0.3) is 5.91 Å². The van der Waals surface area contributed by atoms with Gasteiger partial charge in [-0.3, -0.25) is 9.78 Å². The van der Waals surface area contributed by atoms with E-state index in [-0.39, 0.29) is 0 Å². The first-order chi connectivity index (χ1) is 7.98. The van der Waals surface area contributed by atoms with Crippen LogP contribution in [0.25, 0.3) is 10.8 Å². The predicted molar refractivity (Wildman–Crippen MR) is 66.7 cm³/mol. The average Bonchev–Trinajstić information content (AvgIpc) is 2.28. The molecule has 4 heteroatoms. The van der Waals surface area contributed by atoms with E-state index in [1.807, 2.05) is 18.2 Å². The van der Waals surface area contributed by atoms with Crippen LogP contribution < -0.4 is 5.32 Å². The molecule has 1 heterocycles. The summed E-state index contributed by atoms with van der Waals surface area (Å²) in [6, 6.07) is 7.45. The maximum absolute atomic E-state index is 11.7. The summed E-state index contributed by atoms with van der Waals surface area (Å²) in [4.78, 5) is 15.7. The standard InChI is InChI=1S/C13H14N2O2/c1-13(2,17)12(16)15-11-5-3-4-9-6-7-14-8-10(9)11/h3-8,17H,1-2H3,(H,15,16). The lowest BCUT2D eigenvalue weighted by atomic mass is 10.1. The van der Waals surface area contributed by atoms with Crippen LogP contribution >= 0.6 is 0 Å². The van der Waals surface area contributed by atoms with Crippen molar-refractivity contribution >= 4 is 22.4 Å². The van der Waals surface area contributed by atoms with Gasteiger partial charge in [-0.15, -0.1) is 0 Å². The van der Waals surface area contributed by atoms with Gasteiger partial charge in [0.15, 0.2) is 0 Å². The summed E-state index contributed by atoms with van der Waals surface area (Å²) in [6.07, 6.45) is 3.39. The molecule has 88 valence electrons. The van der Waals surface area contributed by atoms with Crippen molar-refractivity contribution < 1.29 is 9.90 Å². The highest BCUT2D eigenvalue weighted by atomic mass is 16.3. The number of anilines is 1. The molecule has 0 saturated heterocycles. The number of hydrogen-bond acceptors (Lipinski definition) is 3. The summed E-state index contributed by atoms with van der Waals surface area (Å²) < 4.78 is 0. The lowest BCUT2D eigenvalue weighted by molar-refractivity contribution is -0.130. The third-order valence-corrected chi connectivity index (χ3v) is 2.49. The molecule has 0 aliphatic carbocycles. The van der Waals surface area contributed by atoms with Gasteiger partial charge in [0.2, 0.25) is 0 Å². The number of benzene rings is 1. The number of amides is 1. The first kappa shape index (κ1) is 11.5. The highest BCUT2D eigenvalue weighted by Gasteiger charge is 2.24. The first-order valence-electron chi connectivity index (χ1n) is 5.35. The van der Waals surface area contributed by atoms with Crippen LogP contribution in [-0.4, -0.2) is 21.6 Å². The van der Waals surface area contributed by atoms with Crippen LogP contribution in [0.15, 0.2) is 36.7 Å². The Morgan fingerprint density at radius 2 is 2.12 bits per heavy atom. The second-order valence-electron chi connectivity index (χ2n) is 4.42. The summed E-state index contributed by atoms with van der Waals surface area (Å²) >= 11 is 0. The van der Waals surface area contributed by atoms with E-state index in [1.54, 1.807) is 18.5 Å². The van der Waals surface area contributed by atoms with Crippen LogP contribution in [0.1, 0.15) is 13.8 Å². The van der Waals surface area contributed by atoms with Gasteiger partial charge in [0.05, 0.1) is 5.69 Å². The summed E-state index contributed by atoms with van der Waals surface area (Å²) in [7, 11) is 0. The Hall–Kier alpha value is -1.94. The molecule has 0 radical (unpaired) electrons. The third kappa shape index (κ3) is 2.42. The molecule has 0 unspecified atom stereocenters. The number of aromatic nitrogens is 1. The molecule has 2 rings (SSSR count). The van der Waals surface area contributed by atoms with Crippen molar-refractivity contribution in [3.05, 3.63) is 36.7 Å². The molecular formula is C13H14N2O2. The van der Waals surface area contributed by atoms with Crippen molar-refractivity contribution in [2.24, 2.45) is 0 Å². The third-order valence-electron chi connectivity index (χ3n) is 2.49. The van der Waals surface area contributed by atoms with Crippen molar-refractivity contribution in [2.45, 2.75) is 19.4 Å². The number of carbonyl (C=O) groups is 1. The molecule has 4 nitrogen and oxygen atoms in total. The molecule has 1 amide bonds. The van der Waals surface area contributed by atoms with E-state index >= 15 is 0 Å². The minimum absolute atomic E-state index is 0.436. The monoisotopic (exact) mass is 230 g/mol. The van der Waals surface area contributed by atoms with Crippen LogP contribution in [0.2, 0.25) is 0 Å². The van der Waals surface area contributed by atoms with Crippen molar-refractivity contribution in [2.75, 3.05) is 5.32 Å². The van der Waals surface area contributed by atoms with E-state index in [0.29, 0.717) is 5.69 Å². The fraction of sp³-hybridized carbons (Fsp3) is 0.231. The van der Waals surface area contributed by atoms with Crippen LogP contribution in [0.5, 0.6) is 0 Å². The molecule has 1 aromatic heterocycles. The minimum Gasteiger partial charge on any atom is -0.381 e. The second-order valence-corrected chi connectivity index (χ2v) is 4.42. The largest absolute Gasteiger partial charge is 0.381 e. The molecule has 0 aliphatic rings. The highest BCUT2D eigenvalue weighted by molar-refractivity contribution is 6.04. The number of pyridine rings is 1. The van der Waals surface area contributed by atoms with Crippen molar-refractivity contribution in [1.82, 2.24) is 4.98 Å². The molecule has 17 heavy (non-hydrogen) atoms. The Bertz CT molecular complexity index is 553. The zero-order chi connectivity index (χ0) is 12.5. The van der Waals surface area contributed by atoms with Gasteiger partial charge in [-0.05, 0) is 31.4 Å². The number of hydrogen-bond donors (Lipinski definition) is 2. The van der Waals surface area contributed by atoms with E-state index in [0.717, 1.165) is 10.8 Å². The van der Waals surface area contributed by atoms with Gasteiger partial charge in [0.1, 0.15) is 5.60 Å². The molecule has 0 saturated carbocycles. The smallest absolute Gasteiger partial charge is 0.255 e. The zero-order valence-corrected chi connectivity index (χ0v) is 9.77. The summed E-state index contributed by atoms with van der Waals surface area (Å²) in [6.45, 7) is 2.90. The number of fused-ring (bicyclic) bond motifs is 1. The van der Waals surface area contributed by atoms with Crippen LogP contribution in [0.4, 0.5) is 5.69 Å². The molecule has 0 spiro atoms. The van der Waals surface area contributed by atoms with Crippen molar-refractivity contribution in [3.63, 3.8) is 0 Å². The topological polar surface area (TPSA) is 62.2 Å². The maximum Gasteiger partial charge on any atom is 0.255 e. The maximum atomic E-state index is 11.7. The second kappa shape index (κ2) is 4.14. The summed E-state index contributed by atoms with van der Waals surface area (Å²) in [5, 5.41) is 14.1. The van der Waals surface area contributed by atoms with E-state index in [4.69, 9.17) is 0 Å². The fourth-order valence-corrected chi connectivity index (χ4v) is 1.50. The Morgan fingerprint density at radius 1 is 1.35 bits per heavy atom. The fourth-order valence-electron chi connectivity index (χ4n) is 1.50. The van der Waals surface area contributed by atoms with Crippen LogP contribution in [-0.2, 0) is 4.79 Å². The Labute approximate surface area is 99.3 Å². The highest BCUT2D eigenvalue weighted by Crippen LogP contribution is 2.22. The molecular weight excluding hydrogens is 216 g/mol. The van der Waals surface area contributed by atoms with Crippen LogP contribution in [0, 0.1) is 0 Å². The molecule has 2 aromatic rings. The van der Waals surface area contributed by atoms with Gasteiger partial charge in [-0.1, -0.05) is 12.1 Å². The predicted octanol–water partition coefficient (Wildman–Crippen LogP) is 1.94. The number of carbonyl (C=O) groups excluding carboxylic acids is 1. The van der Waals surface area contributed by atoms with E-state index in [1.165, 1.54) is 13.8 Å².